The third-order valence-electron chi connectivity index (χ3n) is 2.15. The second kappa shape index (κ2) is 5.50. The third kappa shape index (κ3) is 4.00. The number of thioether (sulfide) groups is 1. The summed E-state index contributed by atoms with van der Waals surface area (Å²) in [5.41, 5.74) is 0. The zero-order valence-electron chi connectivity index (χ0n) is 8.30. The molecule has 0 aromatic heterocycles. The Bertz CT molecular complexity index is 175. The van der Waals surface area contributed by atoms with Crippen molar-refractivity contribution in [3.05, 3.63) is 0 Å². The number of carbonyl (C=O) groups excluding carboxylic acids is 1. The number of nitrogens with one attached hydrogen (secondary N) is 2. The Labute approximate surface area is 84.0 Å². The first-order valence-electron chi connectivity index (χ1n) is 4.86. The fourth-order valence-corrected chi connectivity index (χ4v) is 2.16. The van der Waals surface area contributed by atoms with E-state index in [1.165, 1.54) is 0 Å². The molecule has 2 atom stereocenters. The van der Waals surface area contributed by atoms with Crippen LogP contribution in [0.25, 0.3) is 0 Å². The predicted octanol–water partition coefficient (Wildman–Crippen LogP) is 0.954. The van der Waals surface area contributed by atoms with Crippen LogP contribution in [0.2, 0.25) is 0 Å². The van der Waals surface area contributed by atoms with Crippen LogP contribution >= 0.6 is 11.8 Å². The third-order valence-corrected chi connectivity index (χ3v) is 3.15. The Morgan fingerprint density at radius 2 is 2.54 bits per heavy atom. The quantitative estimate of drug-likeness (QED) is 0.652. The molecule has 1 aliphatic heterocycles. The van der Waals surface area contributed by atoms with E-state index >= 15 is 0 Å². The molecular weight excluding hydrogens is 184 g/mol. The molecule has 0 radical (unpaired) electrons. The zero-order chi connectivity index (χ0) is 9.68. The zero-order valence-corrected chi connectivity index (χ0v) is 9.12. The van der Waals surface area contributed by atoms with Crippen LogP contribution in [0.15, 0.2) is 0 Å². The van der Waals surface area contributed by atoms with Crippen LogP contribution in [0.1, 0.15) is 26.7 Å². The smallest absolute Gasteiger partial charge is 0.220 e. The van der Waals surface area contributed by atoms with Crippen LogP contribution in [0.5, 0.6) is 0 Å². The highest BCUT2D eigenvalue weighted by Crippen LogP contribution is 2.08. The number of carbonyl (C=O) groups is 1. The van der Waals surface area contributed by atoms with Crippen LogP contribution < -0.4 is 10.6 Å². The minimum atomic E-state index is 0.197. The fourth-order valence-electron chi connectivity index (χ4n) is 1.45. The van der Waals surface area contributed by atoms with E-state index in [0.29, 0.717) is 17.8 Å². The van der Waals surface area contributed by atoms with Crippen LogP contribution in [0.3, 0.4) is 0 Å². The van der Waals surface area contributed by atoms with Gasteiger partial charge < -0.3 is 10.6 Å². The van der Waals surface area contributed by atoms with Gasteiger partial charge in [0.2, 0.25) is 5.91 Å². The summed E-state index contributed by atoms with van der Waals surface area (Å²) in [6.45, 7) is 5.21. The van der Waals surface area contributed by atoms with E-state index in [-0.39, 0.29) is 5.91 Å². The number of hydrogen-bond acceptors (Lipinski definition) is 3. The highest BCUT2D eigenvalue weighted by atomic mass is 32.2. The summed E-state index contributed by atoms with van der Waals surface area (Å²) in [6.07, 6.45) is 1.68. The molecule has 1 heterocycles. The molecule has 3 nitrogen and oxygen atoms in total. The second-order valence-corrected chi connectivity index (χ2v) is 4.93. The van der Waals surface area contributed by atoms with Crippen molar-refractivity contribution in [2.45, 2.75) is 38.1 Å². The molecule has 0 bridgehead atoms. The van der Waals surface area contributed by atoms with Crippen LogP contribution in [-0.4, -0.2) is 29.6 Å². The average molecular weight is 202 g/mol. The molecule has 1 saturated heterocycles. The predicted molar refractivity (Wildman–Crippen MR) is 56.8 cm³/mol. The van der Waals surface area contributed by atoms with Gasteiger partial charge in [0.05, 0.1) is 5.37 Å². The molecule has 1 unspecified atom stereocenters. The molecule has 1 fully saturated rings. The van der Waals surface area contributed by atoms with Gasteiger partial charge >= 0.3 is 0 Å². The molecule has 76 valence electrons. The molecular formula is C9H18N2OS. The first-order valence-corrected chi connectivity index (χ1v) is 5.91. The van der Waals surface area contributed by atoms with Gasteiger partial charge in [0.1, 0.15) is 0 Å². The van der Waals surface area contributed by atoms with Gasteiger partial charge in [-0.05, 0) is 19.1 Å². The molecule has 1 amide bonds. The van der Waals surface area contributed by atoms with Crippen molar-refractivity contribution in [3.63, 3.8) is 0 Å². The van der Waals surface area contributed by atoms with Crippen LogP contribution in [-0.2, 0) is 4.79 Å². The molecule has 13 heavy (non-hydrogen) atoms. The van der Waals surface area contributed by atoms with Gasteiger partial charge in [-0.3, -0.25) is 4.79 Å². The van der Waals surface area contributed by atoms with Gasteiger partial charge in [-0.1, -0.05) is 6.92 Å². The van der Waals surface area contributed by atoms with Crippen molar-refractivity contribution in [2.75, 3.05) is 12.3 Å². The lowest BCUT2D eigenvalue weighted by Gasteiger charge is -2.16. The van der Waals surface area contributed by atoms with Gasteiger partial charge in [-0.2, -0.15) is 0 Å². The van der Waals surface area contributed by atoms with E-state index in [2.05, 4.69) is 24.5 Å². The lowest BCUT2D eigenvalue weighted by Crippen LogP contribution is -2.38. The van der Waals surface area contributed by atoms with E-state index < -0.39 is 0 Å². The van der Waals surface area contributed by atoms with Gasteiger partial charge in [0.25, 0.3) is 0 Å². The lowest BCUT2D eigenvalue weighted by molar-refractivity contribution is -0.119. The first kappa shape index (κ1) is 10.9. The Kier molecular flexibility index (Phi) is 4.59. The maximum Gasteiger partial charge on any atom is 0.220 e. The van der Waals surface area contributed by atoms with E-state index in [9.17, 15) is 4.79 Å². The normalized spacial score (nSPS) is 24.5. The fraction of sp³-hybridized carbons (Fsp3) is 0.889. The topological polar surface area (TPSA) is 41.1 Å². The monoisotopic (exact) mass is 202 g/mol. The summed E-state index contributed by atoms with van der Waals surface area (Å²) in [5, 5.41) is 6.82. The molecule has 0 aliphatic carbocycles. The minimum Gasteiger partial charge on any atom is -0.352 e. The largest absolute Gasteiger partial charge is 0.352 e. The molecule has 0 aromatic carbocycles. The lowest BCUT2D eigenvalue weighted by atomic mass is 10.2. The van der Waals surface area contributed by atoms with Crippen molar-refractivity contribution < 1.29 is 4.79 Å². The van der Waals surface area contributed by atoms with Crippen LogP contribution in [0.4, 0.5) is 0 Å². The highest BCUT2D eigenvalue weighted by molar-refractivity contribution is 7.99. The first-order chi connectivity index (χ1) is 6.22. The summed E-state index contributed by atoms with van der Waals surface area (Å²) in [4.78, 5) is 10.9. The van der Waals surface area contributed by atoms with Gasteiger partial charge in [-0.15, -0.1) is 11.8 Å². The van der Waals surface area contributed by atoms with Crippen molar-refractivity contribution in [1.82, 2.24) is 10.6 Å². The molecule has 4 heteroatoms. The molecule has 1 rings (SSSR count). The highest BCUT2D eigenvalue weighted by Gasteiger charge is 2.20. The molecule has 1 aliphatic rings. The van der Waals surface area contributed by atoms with Crippen molar-refractivity contribution in [2.24, 2.45) is 0 Å². The van der Waals surface area contributed by atoms with Gasteiger partial charge in [0, 0.05) is 19.0 Å². The van der Waals surface area contributed by atoms with Crippen molar-refractivity contribution in [3.8, 4) is 0 Å². The maximum absolute atomic E-state index is 10.9. The van der Waals surface area contributed by atoms with Crippen LogP contribution in [0, 0.1) is 0 Å². The van der Waals surface area contributed by atoms with E-state index in [1.54, 1.807) is 0 Å². The van der Waals surface area contributed by atoms with Crippen molar-refractivity contribution in [1.29, 1.82) is 0 Å². The summed E-state index contributed by atoms with van der Waals surface area (Å²) < 4.78 is 0. The maximum atomic E-state index is 10.9. The molecule has 0 aromatic rings. The average Bonchev–Trinajstić information content (AvgIpc) is 2.49. The number of rotatable bonds is 5. The van der Waals surface area contributed by atoms with Gasteiger partial charge in [-0.25, -0.2) is 0 Å². The number of amides is 1. The molecule has 0 saturated carbocycles. The number of hydrogen-bond donors (Lipinski definition) is 2. The summed E-state index contributed by atoms with van der Waals surface area (Å²) in [7, 11) is 0. The Morgan fingerprint density at radius 1 is 1.77 bits per heavy atom. The summed E-state index contributed by atoms with van der Waals surface area (Å²) in [5.74, 6) is 1.33. The SMILES string of the molecule is CCSC(C)NC[C@@H]1CCC(=O)N1. The van der Waals surface area contributed by atoms with E-state index in [1.807, 2.05) is 11.8 Å². The second-order valence-electron chi connectivity index (χ2n) is 3.31. The molecule has 2 N–H and O–H groups in total. The Hall–Kier alpha value is -0.220. The van der Waals surface area contributed by atoms with Gasteiger partial charge in [0.15, 0.2) is 0 Å². The summed E-state index contributed by atoms with van der Waals surface area (Å²) >= 11 is 1.89. The standard InChI is InChI=1S/C9H18N2OS/c1-3-13-7(2)10-6-8-4-5-9(12)11-8/h7-8,10H,3-6H2,1-2H3,(H,11,12)/t7?,8-/m0/s1. The Balaban J connectivity index is 2.08. The Morgan fingerprint density at radius 3 is 3.08 bits per heavy atom. The van der Waals surface area contributed by atoms with E-state index in [4.69, 9.17) is 0 Å². The van der Waals surface area contributed by atoms with Crippen molar-refractivity contribution >= 4 is 17.7 Å². The molecule has 0 spiro atoms. The van der Waals surface area contributed by atoms with E-state index in [0.717, 1.165) is 18.7 Å². The minimum absolute atomic E-state index is 0.197. The summed E-state index contributed by atoms with van der Waals surface area (Å²) in [6, 6.07) is 0.354.